The summed E-state index contributed by atoms with van der Waals surface area (Å²) >= 11 is 1.73. The van der Waals surface area contributed by atoms with Gasteiger partial charge in [-0.2, -0.15) is 0 Å². The predicted octanol–water partition coefficient (Wildman–Crippen LogP) is 2.31. The van der Waals surface area contributed by atoms with Gasteiger partial charge < -0.3 is 10.2 Å². The maximum Gasteiger partial charge on any atom is 0.264 e. The Balaban J connectivity index is 1.80. The number of fused-ring (bicyclic) bond motifs is 1. The minimum atomic E-state index is 0.237. The molecule has 1 saturated heterocycles. The van der Waals surface area contributed by atoms with E-state index in [9.17, 15) is 4.79 Å². The monoisotopic (exact) mass is 278 g/mol. The molecular weight excluding hydrogens is 256 g/mol. The van der Waals surface area contributed by atoms with Gasteiger partial charge in [-0.25, -0.2) is 0 Å². The van der Waals surface area contributed by atoms with Crippen LogP contribution in [0.25, 0.3) is 0 Å². The highest BCUT2D eigenvalue weighted by atomic mass is 32.1. The molecule has 1 aromatic rings. The van der Waals surface area contributed by atoms with Gasteiger partial charge in [-0.15, -0.1) is 11.3 Å². The highest BCUT2D eigenvalue weighted by molar-refractivity contribution is 7.14. The predicted molar refractivity (Wildman–Crippen MR) is 78.9 cm³/mol. The zero-order valence-corrected chi connectivity index (χ0v) is 12.6. The number of carbonyl (C=O) groups is 1. The van der Waals surface area contributed by atoms with Crippen molar-refractivity contribution in [1.29, 1.82) is 0 Å². The first-order chi connectivity index (χ1) is 9.15. The second kappa shape index (κ2) is 5.25. The molecule has 2 aliphatic rings. The average molecular weight is 278 g/mol. The van der Waals surface area contributed by atoms with Gasteiger partial charge in [0.1, 0.15) is 0 Å². The highest BCUT2D eigenvalue weighted by Gasteiger charge is 2.27. The van der Waals surface area contributed by atoms with Gasteiger partial charge in [0.25, 0.3) is 5.91 Å². The molecule has 1 aromatic heterocycles. The van der Waals surface area contributed by atoms with Crippen LogP contribution in [0.4, 0.5) is 0 Å². The van der Waals surface area contributed by atoms with Crippen molar-refractivity contribution in [1.82, 2.24) is 10.2 Å². The number of piperazine rings is 1. The third-order valence-electron chi connectivity index (χ3n) is 4.30. The lowest BCUT2D eigenvalue weighted by atomic mass is 9.90. The van der Waals surface area contributed by atoms with E-state index in [1.165, 1.54) is 16.9 Å². The lowest BCUT2D eigenvalue weighted by molar-refractivity contribution is 0.0660. The Morgan fingerprint density at radius 1 is 1.47 bits per heavy atom. The van der Waals surface area contributed by atoms with E-state index in [1.54, 1.807) is 11.3 Å². The fourth-order valence-electron chi connectivity index (χ4n) is 3.10. The van der Waals surface area contributed by atoms with E-state index >= 15 is 0 Å². The number of aryl methyl sites for hydroxylation is 1. The molecule has 1 amide bonds. The van der Waals surface area contributed by atoms with Gasteiger partial charge >= 0.3 is 0 Å². The Kier molecular flexibility index (Phi) is 3.63. The second-order valence-electron chi connectivity index (χ2n) is 5.96. The largest absolute Gasteiger partial charge is 0.333 e. The average Bonchev–Trinajstić information content (AvgIpc) is 2.81. The van der Waals surface area contributed by atoms with E-state index in [-0.39, 0.29) is 5.91 Å². The van der Waals surface area contributed by atoms with Crippen molar-refractivity contribution >= 4 is 17.2 Å². The molecule has 0 aromatic carbocycles. The molecule has 2 atom stereocenters. The highest BCUT2D eigenvalue weighted by Crippen LogP contribution is 2.33. The Morgan fingerprint density at radius 2 is 2.32 bits per heavy atom. The Morgan fingerprint density at radius 3 is 3.11 bits per heavy atom. The summed E-state index contributed by atoms with van der Waals surface area (Å²) in [5, 5.41) is 3.34. The molecular formula is C15H22N2OS. The molecule has 0 saturated carbocycles. The lowest BCUT2D eigenvalue weighted by Gasteiger charge is -2.33. The van der Waals surface area contributed by atoms with E-state index < -0.39 is 0 Å². The fraction of sp³-hybridized carbons (Fsp3) is 0.667. The summed E-state index contributed by atoms with van der Waals surface area (Å²) in [6.45, 7) is 7.09. The van der Waals surface area contributed by atoms with E-state index in [0.717, 1.165) is 43.3 Å². The normalized spacial score (nSPS) is 27.2. The van der Waals surface area contributed by atoms with Gasteiger partial charge in [-0.3, -0.25) is 4.79 Å². The Labute approximate surface area is 119 Å². The van der Waals surface area contributed by atoms with Gasteiger partial charge in [0.15, 0.2) is 0 Å². The van der Waals surface area contributed by atoms with Crippen molar-refractivity contribution in [3.63, 3.8) is 0 Å². The van der Waals surface area contributed by atoms with Gasteiger partial charge in [-0.1, -0.05) is 6.92 Å². The zero-order chi connectivity index (χ0) is 13.4. The minimum absolute atomic E-state index is 0.237. The van der Waals surface area contributed by atoms with E-state index in [0.29, 0.717) is 6.04 Å². The molecule has 1 fully saturated rings. The van der Waals surface area contributed by atoms with Gasteiger partial charge in [0, 0.05) is 30.6 Å². The Bertz CT molecular complexity index is 482. The maximum atomic E-state index is 12.6. The van der Waals surface area contributed by atoms with Crippen molar-refractivity contribution in [2.45, 2.75) is 39.2 Å². The second-order valence-corrected chi connectivity index (χ2v) is 7.10. The Hall–Kier alpha value is -0.870. The standard InChI is InChI=1S/C15H22N2OS/c1-10-3-4-13-12(7-10)8-14(19-13)15(18)17-6-5-16-9-11(17)2/h8,10-11,16H,3-7,9H2,1-2H3/t10?,11-/m0/s1. The molecule has 19 heavy (non-hydrogen) atoms. The number of thiophene rings is 1. The van der Waals surface area contributed by atoms with Gasteiger partial charge in [0.05, 0.1) is 4.88 Å². The number of hydrogen-bond acceptors (Lipinski definition) is 3. The van der Waals surface area contributed by atoms with E-state index in [2.05, 4.69) is 25.2 Å². The van der Waals surface area contributed by atoms with Crippen LogP contribution in [0.5, 0.6) is 0 Å². The van der Waals surface area contributed by atoms with Crippen LogP contribution in [0.15, 0.2) is 6.07 Å². The van der Waals surface area contributed by atoms with Crippen LogP contribution in [-0.2, 0) is 12.8 Å². The summed E-state index contributed by atoms with van der Waals surface area (Å²) in [7, 11) is 0. The molecule has 0 spiro atoms. The van der Waals surface area contributed by atoms with Crippen LogP contribution in [-0.4, -0.2) is 36.5 Å². The first-order valence-electron chi connectivity index (χ1n) is 7.28. The quantitative estimate of drug-likeness (QED) is 0.855. The summed E-state index contributed by atoms with van der Waals surface area (Å²) < 4.78 is 0. The summed E-state index contributed by atoms with van der Waals surface area (Å²) in [4.78, 5) is 17.0. The molecule has 3 rings (SSSR count). The van der Waals surface area contributed by atoms with Gasteiger partial charge in [-0.05, 0) is 43.7 Å². The van der Waals surface area contributed by atoms with Crippen molar-refractivity contribution in [3.8, 4) is 0 Å². The molecule has 0 bridgehead atoms. The zero-order valence-electron chi connectivity index (χ0n) is 11.7. The van der Waals surface area contributed by atoms with Crippen LogP contribution in [0.2, 0.25) is 0 Å². The first kappa shape index (κ1) is 13.1. The maximum absolute atomic E-state index is 12.6. The number of amides is 1. The molecule has 4 heteroatoms. The third-order valence-corrected chi connectivity index (χ3v) is 5.53. The van der Waals surface area contributed by atoms with Crippen LogP contribution < -0.4 is 5.32 Å². The molecule has 2 heterocycles. The molecule has 0 radical (unpaired) electrons. The van der Waals surface area contributed by atoms with Crippen LogP contribution in [0.3, 0.4) is 0 Å². The van der Waals surface area contributed by atoms with Crippen molar-refractivity contribution < 1.29 is 4.79 Å². The molecule has 1 unspecified atom stereocenters. The van der Waals surface area contributed by atoms with Gasteiger partial charge in [0.2, 0.25) is 0 Å². The van der Waals surface area contributed by atoms with Crippen molar-refractivity contribution in [3.05, 3.63) is 21.4 Å². The fourth-order valence-corrected chi connectivity index (χ4v) is 4.26. The smallest absolute Gasteiger partial charge is 0.264 e. The summed E-state index contributed by atoms with van der Waals surface area (Å²) in [5.74, 6) is 1.00. The first-order valence-corrected chi connectivity index (χ1v) is 8.10. The van der Waals surface area contributed by atoms with E-state index in [1.807, 2.05) is 4.90 Å². The number of nitrogens with zero attached hydrogens (tertiary/aromatic N) is 1. The van der Waals surface area contributed by atoms with Crippen LogP contribution >= 0.6 is 11.3 Å². The number of nitrogens with one attached hydrogen (secondary N) is 1. The number of carbonyl (C=O) groups excluding carboxylic acids is 1. The number of rotatable bonds is 1. The molecule has 3 nitrogen and oxygen atoms in total. The minimum Gasteiger partial charge on any atom is -0.333 e. The van der Waals surface area contributed by atoms with Crippen LogP contribution in [0, 0.1) is 5.92 Å². The summed E-state index contributed by atoms with van der Waals surface area (Å²) in [6, 6.07) is 2.46. The lowest BCUT2D eigenvalue weighted by Crippen LogP contribution is -2.52. The van der Waals surface area contributed by atoms with Crippen molar-refractivity contribution in [2.75, 3.05) is 19.6 Å². The van der Waals surface area contributed by atoms with Crippen molar-refractivity contribution in [2.24, 2.45) is 5.92 Å². The molecule has 1 N–H and O–H groups in total. The molecule has 1 aliphatic heterocycles. The summed E-state index contributed by atoms with van der Waals surface area (Å²) in [5.41, 5.74) is 1.43. The topological polar surface area (TPSA) is 32.3 Å². The molecule has 1 aliphatic carbocycles. The summed E-state index contributed by atoms with van der Waals surface area (Å²) in [6.07, 6.45) is 3.58. The third kappa shape index (κ3) is 2.56. The van der Waals surface area contributed by atoms with Crippen LogP contribution in [0.1, 0.15) is 40.4 Å². The SMILES string of the molecule is CC1CCc2sc(C(=O)N3CCNC[C@@H]3C)cc2C1. The molecule has 104 valence electrons. The van der Waals surface area contributed by atoms with E-state index in [4.69, 9.17) is 0 Å². The number of hydrogen-bond donors (Lipinski definition) is 1.